The van der Waals surface area contributed by atoms with Gasteiger partial charge in [-0.25, -0.2) is 9.48 Å². The van der Waals surface area contributed by atoms with E-state index in [1.807, 2.05) is 6.07 Å². The van der Waals surface area contributed by atoms with Crippen molar-refractivity contribution in [1.29, 1.82) is 0 Å². The van der Waals surface area contributed by atoms with Gasteiger partial charge >= 0.3 is 5.97 Å². The molecule has 1 aliphatic rings. The maximum atomic E-state index is 12.6. The van der Waals surface area contributed by atoms with Crippen LogP contribution in [-0.4, -0.2) is 42.6 Å². The van der Waals surface area contributed by atoms with Crippen LogP contribution in [0.3, 0.4) is 0 Å². The number of rotatable bonds is 5. The van der Waals surface area contributed by atoms with Gasteiger partial charge in [0.1, 0.15) is 6.54 Å². The minimum atomic E-state index is -0.728. The van der Waals surface area contributed by atoms with E-state index < -0.39 is 11.4 Å². The smallest absolute Gasteiger partial charge is 0.362 e. The Balaban J connectivity index is 1.84. The molecule has 2 heterocycles. The van der Waals surface area contributed by atoms with Crippen molar-refractivity contribution in [2.24, 2.45) is 0 Å². The van der Waals surface area contributed by atoms with Gasteiger partial charge in [0.2, 0.25) is 11.1 Å². The lowest BCUT2D eigenvalue weighted by Crippen LogP contribution is -2.25. The molecular formula is C16H16N6O3. The molecule has 9 nitrogen and oxygen atoms in total. The van der Waals surface area contributed by atoms with E-state index in [-0.39, 0.29) is 18.8 Å². The number of fused-ring (bicyclic) bond motifs is 1. The Kier molecular flexibility index (Phi) is 3.75. The first-order chi connectivity index (χ1) is 12.2. The highest BCUT2D eigenvalue weighted by molar-refractivity contribution is 5.91. The van der Waals surface area contributed by atoms with Gasteiger partial charge < -0.3 is 4.74 Å². The van der Waals surface area contributed by atoms with Crippen molar-refractivity contribution < 1.29 is 9.53 Å². The Bertz CT molecular complexity index is 1000. The molecule has 0 atom stereocenters. The zero-order valence-corrected chi connectivity index (χ0v) is 13.6. The quantitative estimate of drug-likeness (QED) is 0.637. The molecule has 2 aromatic heterocycles. The average molecular weight is 340 g/mol. The van der Waals surface area contributed by atoms with Gasteiger partial charge in [-0.2, -0.15) is 5.10 Å². The van der Waals surface area contributed by atoms with Crippen LogP contribution in [0.1, 0.15) is 42.1 Å². The zero-order chi connectivity index (χ0) is 17.4. The predicted molar refractivity (Wildman–Crippen MR) is 87.1 cm³/mol. The largest absolute Gasteiger partial charge is 0.461 e. The summed E-state index contributed by atoms with van der Waals surface area (Å²) in [7, 11) is 0. The third-order valence-electron chi connectivity index (χ3n) is 4.08. The molecule has 0 unspecified atom stereocenters. The topological polar surface area (TPSA) is 105 Å². The third-order valence-corrected chi connectivity index (χ3v) is 4.08. The minimum absolute atomic E-state index is 0.173. The SMILES string of the molecule is CCOC(=O)c1nn(Cc2nnnn2C2CC2)c2ccccc2c1=O. The van der Waals surface area contributed by atoms with Crippen molar-refractivity contribution >= 4 is 16.9 Å². The monoisotopic (exact) mass is 340 g/mol. The summed E-state index contributed by atoms with van der Waals surface area (Å²) in [5, 5.41) is 16.5. The molecule has 0 spiro atoms. The summed E-state index contributed by atoms with van der Waals surface area (Å²) in [5.41, 5.74) is -0.0519. The van der Waals surface area contributed by atoms with Crippen molar-refractivity contribution in [2.45, 2.75) is 32.4 Å². The average Bonchev–Trinajstić information content (AvgIpc) is 3.37. The minimum Gasteiger partial charge on any atom is -0.461 e. The Labute approximate surface area is 142 Å². The van der Waals surface area contributed by atoms with Crippen LogP contribution in [0, 0.1) is 0 Å². The van der Waals surface area contributed by atoms with Crippen LogP contribution in [-0.2, 0) is 11.3 Å². The van der Waals surface area contributed by atoms with Crippen molar-refractivity contribution in [1.82, 2.24) is 30.0 Å². The summed E-state index contributed by atoms with van der Waals surface area (Å²) >= 11 is 0. The maximum absolute atomic E-state index is 12.6. The van der Waals surface area contributed by atoms with E-state index >= 15 is 0 Å². The highest BCUT2D eigenvalue weighted by Gasteiger charge is 2.28. The Morgan fingerprint density at radius 1 is 1.32 bits per heavy atom. The molecule has 0 amide bonds. The van der Waals surface area contributed by atoms with E-state index in [4.69, 9.17) is 4.74 Å². The van der Waals surface area contributed by atoms with Gasteiger partial charge in [0.15, 0.2) is 5.82 Å². The summed E-state index contributed by atoms with van der Waals surface area (Å²) in [6, 6.07) is 7.33. The van der Waals surface area contributed by atoms with Gasteiger partial charge in [-0.3, -0.25) is 9.48 Å². The molecule has 1 aromatic carbocycles. The second-order valence-corrected chi connectivity index (χ2v) is 5.84. The van der Waals surface area contributed by atoms with Crippen LogP contribution in [0.4, 0.5) is 0 Å². The number of carbonyl (C=O) groups is 1. The molecule has 0 saturated heterocycles. The first-order valence-electron chi connectivity index (χ1n) is 8.12. The van der Waals surface area contributed by atoms with E-state index in [2.05, 4.69) is 20.6 Å². The summed E-state index contributed by atoms with van der Waals surface area (Å²) in [5.74, 6) is -0.0904. The number of aromatic nitrogens is 6. The molecule has 9 heteroatoms. The normalized spacial score (nSPS) is 14.0. The van der Waals surface area contributed by atoms with Crippen molar-refractivity contribution in [2.75, 3.05) is 6.61 Å². The van der Waals surface area contributed by atoms with Crippen molar-refractivity contribution in [3.8, 4) is 0 Å². The molecule has 0 N–H and O–H groups in total. The van der Waals surface area contributed by atoms with E-state index in [9.17, 15) is 9.59 Å². The van der Waals surface area contributed by atoms with Gasteiger partial charge in [0.25, 0.3) is 0 Å². The number of tetrazole rings is 1. The lowest BCUT2D eigenvalue weighted by atomic mass is 10.2. The predicted octanol–water partition coefficient (Wildman–Crippen LogP) is 0.943. The number of hydrogen-bond acceptors (Lipinski definition) is 7. The maximum Gasteiger partial charge on any atom is 0.362 e. The van der Waals surface area contributed by atoms with Gasteiger partial charge in [0, 0.05) is 5.39 Å². The standard InChI is InChI=1S/C16H16N6O3/c1-2-25-16(24)14-15(23)11-5-3-4-6-12(11)21(18-14)9-13-17-19-20-22(13)10-7-8-10/h3-6,10H,2,7-9H2,1H3. The summed E-state index contributed by atoms with van der Waals surface area (Å²) in [4.78, 5) is 24.7. The van der Waals surface area contributed by atoms with Crippen LogP contribution < -0.4 is 5.43 Å². The first kappa shape index (κ1) is 15.4. The van der Waals surface area contributed by atoms with Crippen LogP contribution >= 0.6 is 0 Å². The highest BCUT2D eigenvalue weighted by Crippen LogP contribution is 2.34. The number of ether oxygens (including phenoxy) is 1. The van der Waals surface area contributed by atoms with E-state index in [0.717, 1.165) is 12.8 Å². The lowest BCUT2D eigenvalue weighted by molar-refractivity contribution is 0.0515. The summed E-state index contributed by atoms with van der Waals surface area (Å²) in [6.45, 7) is 2.12. The number of nitrogens with zero attached hydrogens (tertiary/aromatic N) is 6. The van der Waals surface area contributed by atoms with E-state index in [0.29, 0.717) is 22.8 Å². The highest BCUT2D eigenvalue weighted by atomic mass is 16.5. The third kappa shape index (κ3) is 2.77. The van der Waals surface area contributed by atoms with Crippen LogP contribution in [0.25, 0.3) is 10.9 Å². The Morgan fingerprint density at radius 2 is 2.12 bits per heavy atom. The Hall–Kier alpha value is -3.10. The van der Waals surface area contributed by atoms with Crippen molar-refractivity contribution in [3.05, 3.63) is 46.0 Å². The summed E-state index contributed by atoms with van der Waals surface area (Å²) < 4.78 is 8.31. The van der Waals surface area contributed by atoms with E-state index in [1.54, 1.807) is 34.5 Å². The molecular weight excluding hydrogens is 324 g/mol. The van der Waals surface area contributed by atoms with Gasteiger partial charge in [-0.1, -0.05) is 12.1 Å². The number of carbonyl (C=O) groups excluding carboxylic acids is 1. The fraction of sp³-hybridized carbons (Fsp3) is 0.375. The molecule has 25 heavy (non-hydrogen) atoms. The Morgan fingerprint density at radius 3 is 2.88 bits per heavy atom. The molecule has 0 aliphatic heterocycles. The fourth-order valence-electron chi connectivity index (χ4n) is 2.74. The van der Waals surface area contributed by atoms with E-state index in [1.165, 1.54) is 0 Å². The fourth-order valence-corrected chi connectivity index (χ4v) is 2.74. The molecule has 1 aliphatic carbocycles. The van der Waals surface area contributed by atoms with Crippen LogP contribution in [0.5, 0.6) is 0 Å². The van der Waals surface area contributed by atoms with Gasteiger partial charge in [-0.15, -0.1) is 5.10 Å². The second kappa shape index (κ2) is 6.08. The molecule has 3 aromatic rings. The number of para-hydroxylation sites is 1. The molecule has 1 saturated carbocycles. The molecule has 128 valence electrons. The number of benzene rings is 1. The molecule has 1 fully saturated rings. The number of hydrogen-bond donors (Lipinski definition) is 0. The second-order valence-electron chi connectivity index (χ2n) is 5.84. The summed E-state index contributed by atoms with van der Waals surface area (Å²) in [6.07, 6.45) is 2.09. The van der Waals surface area contributed by atoms with Crippen LogP contribution in [0.15, 0.2) is 29.1 Å². The zero-order valence-electron chi connectivity index (χ0n) is 13.6. The first-order valence-corrected chi connectivity index (χ1v) is 8.12. The molecule has 4 rings (SSSR count). The molecule has 0 radical (unpaired) electrons. The number of esters is 1. The molecule has 0 bridgehead atoms. The van der Waals surface area contributed by atoms with Crippen molar-refractivity contribution in [3.63, 3.8) is 0 Å². The van der Waals surface area contributed by atoms with Gasteiger partial charge in [-0.05, 0) is 42.3 Å². The lowest BCUT2D eigenvalue weighted by Gasteiger charge is -2.11. The van der Waals surface area contributed by atoms with Gasteiger partial charge in [0.05, 0.1) is 18.2 Å². The van der Waals surface area contributed by atoms with Crippen LogP contribution in [0.2, 0.25) is 0 Å².